The Hall–Kier alpha value is -0.680. The second-order valence-electron chi connectivity index (χ2n) is 14.4. The Labute approximate surface area is 375 Å². The molecule has 1 rings (SSSR count). The summed E-state index contributed by atoms with van der Waals surface area (Å²) >= 11 is 0. The third kappa shape index (κ3) is 53.7. The van der Waals surface area contributed by atoms with E-state index in [1.54, 1.807) is 0 Å². The lowest BCUT2D eigenvalue weighted by molar-refractivity contribution is -0.0304. The van der Waals surface area contributed by atoms with Gasteiger partial charge in [0.05, 0.1) is 211 Å². The molecule has 0 amide bonds. The number of hydrogen-bond acceptors (Lipinski definition) is 17. The highest BCUT2D eigenvalue weighted by atomic mass is 16.6. The molecule has 0 aliphatic carbocycles. The summed E-state index contributed by atoms with van der Waals surface area (Å²) in [4.78, 5) is 0. The summed E-state index contributed by atoms with van der Waals surface area (Å²) in [5, 5.41) is 0. The topological polar surface area (TPSA) is 160 Å². The highest BCUT2D eigenvalue weighted by Crippen LogP contribution is 2.10. The van der Waals surface area contributed by atoms with Crippen LogP contribution in [0.15, 0.2) is 0 Å². The third-order valence-electron chi connectivity index (χ3n) is 8.93. The SMILES string of the molecule is CCCCCCCCCCCCOCCOCCOCCOCCOCCOCCOCCOCCOCCOCCOCCOCCOCCOCCOCCOCC1CO1. The van der Waals surface area contributed by atoms with Gasteiger partial charge in [-0.05, 0) is 6.42 Å². The molecule has 1 unspecified atom stereocenters. The molecule has 1 heterocycles. The molecular formula is C45H90O17. The lowest BCUT2D eigenvalue weighted by atomic mass is 10.1. The number of epoxide rings is 1. The number of hydrogen-bond donors (Lipinski definition) is 0. The zero-order valence-electron chi connectivity index (χ0n) is 38.9. The summed E-state index contributed by atoms with van der Waals surface area (Å²) in [5.41, 5.74) is 0. The number of unbranched alkanes of at least 4 members (excludes halogenated alkanes) is 9. The van der Waals surface area contributed by atoms with E-state index in [1.807, 2.05) is 0 Å². The first kappa shape index (κ1) is 59.3. The fraction of sp³-hybridized carbons (Fsp3) is 1.00. The molecule has 1 saturated heterocycles. The van der Waals surface area contributed by atoms with Gasteiger partial charge in [-0.1, -0.05) is 64.7 Å². The molecule has 17 heteroatoms. The Morgan fingerprint density at radius 3 is 0.629 bits per heavy atom. The molecule has 0 aromatic carbocycles. The van der Waals surface area contributed by atoms with E-state index in [2.05, 4.69) is 6.92 Å². The molecule has 372 valence electrons. The van der Waals surface area contributed by atoms with Gasteiger partial charge in [0.2, 0.25) is 0 Å². The van der Waals surface area contributed by atoms with Crippen molar-refractivity contribution in [2.24, 2.45) is 0 Å². The van der Waals surface area contributed by atoms with E-state index < -0.39 is 0 Å². The first-order chi connectivity index (χ1) is 30.9. The molecule has 0 radical (unpaired) electrons. The zero-order chi connectivity index (χ0) is 44.0. The first-order valence-electron chi connectivity index (χ1n) is 23.8. The van der Waals surface area contributed by atoms with Crippen LogP contribution in [0.25, 0.3) is 0 Å². The molecule has 0 aromatic rings. The smallest absolute Gasteiger partial charge is 0.104 e. The monoisotopic (exact) mass is 903 g/mol. The minimum absolute atomic E-state index is 0.293. The van der Waals surface area contributed by atoms with Crippen molar-refractivity contribution in [2.45, 2.75) is 77.2 Å². The third-order valence-corrected chi connectivity index (χ3v) is 8.93. The summed E-state index contributed by atoms with van der Waals surface area (Å²) in [5.74, 6) is 0. The molecule has 1 fully saturated rings. The van der Waals surface area contributed by atoms with Crippen LogP contribution in [0.3, 0.4) is 0 Å². The van der Waals surface area contributed by atoms with Gasteiger partial charge in [-0.15, -0.1) is 0 Å². The van der Waals surface area contributed by atoms with Crippen LogP contribution >= 0.6 is 0 Å². The Kier molecular flexibility index (Phi) is 52.3. The molecule has 0 N–H and O–H groups in total. The van der Waals surface area contributed by atoms with E-state index in [0.717, 1.165) is 19.6 Å². The second kappa shape index (κ2) is 54.7. The molecule has 1 aliphatic rings. The first-order valence-corrected chi connectivity index (χ1v) is 23.8. The van der Waals surface area contributed by atoms with Crippen molar-refractivity contribution in [3.8, 4) is 0 Å². The van der Waals surface area contributed by atoms with Crippen molar-refractivity contribution in [1.29, 1.82) is 0 Å². The number of rotatable bonds is 58. The molecule has 1 aliphatic heterocycles. The van der Waals surface area contributed by atoms with Gasteiger partial charge in [0, 0.05) is 6.61 Å². The van der Waals surface area contributed by atoms with E-state index in [1.165, 1.54) is 57.8 Å². The molecule has 0 bridgehead atoms. The van der Waals surface area contributed by atoms with Gasteiger partial charge < -0.3 is 80.5 Å². The van der Waals surface area contributed by atoms with Gasteiger partial charge >= 0.3 is 0 Å². The van der Waals surface area contributed by atoms with Gasteiger partial charge in [-0.3, -0.25) is 0 Å². The van der Waals surface area contributed by atoms with Gasteiger partial charge in [-0.2, -0.15) is 0 Å². The summed E-state index contributed by atoms with van der Waals surface area (Å²) in [6, 6.07) is 0. The van der Waals surface area contributed by atoms with Crippen LogP contribution in [0, 0.1) is 0 Å². The predicted octanol–water partition coefficient (Wildman–Crippen LogP) is 4.57. The lowest BCUT2D eigenvalue weighted by Gasteiger charge is -2.09. The summed E-state index contributed by atoms with van der Waals surface area (Å²) in [7, 11) is 0. The van der Waals surface area contributed by atoms with Crippen molar-refractivity contribution in [1.82, 2.24) is 0 Å². The summed E-state index contributed by atoms with van der Waals surface area (Å²) in [6.45, 7) is 20.4. The van der Waals surface area contributed by atoms with Crippen molar-refractivity contribution >= 4 is 0 Å². The Morgan fingerprint density at radius 1 is 0.242 bits per heavy atom. The van der Waals surface area contributed by atoms with E-state index in [0.29, 0.717) is 211 Å². The van der Waals surface area contributed by atoms with E-state index in [-0.39, 0.29) is 0 Å². The van der Waals surface area contributed by atoms with Crippen LogP contribution in [0.2, 0.25) is 0 Å². The Morgan fingerprint density at radius 2 is 0.419 bits per heavy atom. The number of ether oxygens (including phenoxy) is 17. The maximum Gasteiger partial charge on any atom is 0.104 e. The molecule has 1 atom stereocenters. The van der Waals surface area contributed by atoms with Crippen LogP contribution in [-0.2, 0) is 80.5 Å². The van der Waals surface area contributed by atoms with Gasteiger partial charge in [0.15, 0.2) is 0 Å². The average Bonchev–Trinajstić information content (AvgIpc) is 4.12. The zero-order valence-corrected chi connectivity index (χ0v) is 38.9. The highest BCUT2D eigenvalue weighted by molar-refractivity contribution is 4.66. The van der Waals surface area contributed by atoms with Crippen LogP contribution in [0.1, 0.15) is 71.1 Å². The van der Waals surface area contributed by atoms with Crippen LogP contribution in [0.5, 0.6) is 0 Å². The minimum atomic E-state index is 0.293. The molecular weight excluding hydrogens is 812 g/mol. The molecule has 17 nitrogen and oxygen atoms in total. The Balaban J connectivity index is 1.57. The van der Waals surface area contributed by atoms with Crippen molar-refractivity contribution in [3.05, 3.63) is 0 Å². The normalized spacial score (nSPS) is 13.8. The maximum atomic E-state index is 5.66. The molecule has 0 spiro atoms. The van der Waals surface area contributed by atoms with Gasteiger partial charge in [-0.25, -0.2) is 0 Å². The van der Waals surface area contributed by atoms with Gasteiger partial charge in [0.1, 0.15) is 6.10 Å². The van der Waals surface area contributed by atoms with Crippen LogP contribution in [0.4, 0.5) is 0 Å². The van der Waals surface area contributed by atoms with Gasteiger partial charge in [0.25, 0.3) is 0 Å². The van der Waals surface area contributed by atoms with Crippen molar-refractivity contribution in [2.75, 3.05) is 218 Å². The molecule has 0 aromatic heterocycles. The van der Waals surface area contributed by atoms with Crippen molar-refractivity contribution in [3.63, 3.8) is 0 Å². The van der Waals surface area contributed by atoms with Crippen LogP contribution in [-0.4, -0.2) is 224 Å². The van der Waals surface area contributed by atoms with E-state index in [4.69, 9.17) is 80.5 Å². The molecule has 62 heavy (non-hydrogen) atoms. The highest BCUT2D eigenvalue weighted by Gasteiger charge is 2.21. The quantitative estimate of drug-likeness (QED) is 0.0617. The fourth-order valence-electron chi connectivity index (χ4n) is 5.37. The largest absolute Gasteiger partial charge is 0.379 e. The van der Waals surface area contributed by atoms with E-state index in [9.17, 15) is 0 Å². The summed E-state index contributed by atoms with van der Waals surface area (Å²) in [6.07, 6.45) is 13.7. The predicted molar refractivity (Wildman–Crippen MR) is 235 cm³/mol. The Bertz CT molecular complexity index is 802. The van der Waals surface area contributed by atoms with E-state index >= 15 is 0 Å². The fourth-order valence-corrected chi connectivity index (χ4v) is 5.37. The average molecular weight is 903 g/mol. The lowest BCUT2D eigenvalue weighted by Crippen LogP contribution is -2.16. The van der Waals surface area contributed by atoms with Crippen LogP contribution < -0.4 is 0 Å². The van der Waals surface area contributed by atoms with Crippen molar-refractivity contribution < 1.29 is 80.5 Å². The summed E-state index contributed by atoms with van der Waals surface area (Å²) < 4.78 is 93.2. The minimum Gasteiger partial charge on any atom is -0.379 e. The second-order valence-corrected chi connectivity index (χ2v) is 14.4. The molecule has 0 saturated carbocycles. The maximum absolute atomic E-state index is 5.66. The standard InChI is InChI=1S/C45H90O17/c1-2-3-4-5-6-7-8-9-10-11-12-46-13-14-47-15-16-48-17-18-49-19-20-50-21-22-51-23-24-52-25-26-53-27-28-54-29-30-55-31-32-56-33-34-57-35-36-58-37-38-59-39-40-60-41-42-61-43-45-44-62-45/h45H,2-44H2,1H3.